The maximum Gasteiger partial charge on any atom is 0.319 e. The first-order chi connectivity index (χ1) is 5.76. The molecule has 0 aromatic carbocycles. The average Bonchev–Trinajstić information content (AvgIpc) is 2.52. The van der Waals surface area contributed by atoms with Crippen molar-refractivity contribution in [3.63, 3.8) is 0 Å². The number of nitrogens with zero attached hydrogens (tertiary/aromatic N) is 1. The Labute approximate surface area is 73.7 Å². The number of esters is 1. The van der Waals surface area contributed by atoms with Crippen molar-refractivity contribution in [3.8, 4) is 0 Å². The normalized spacial score (nSPS) is 24.3. The zero-order chi connectivity index (χ0) is 8.97. The minimum atomic E-state index is -0.119. The lowest BCUT2D eigenvalue weighted by atomic mass is 10.1. The number of hydrogen-bond acceptors (Lipinski definition) is 3. The molecule has 3 nitrogen and oxygen atoms in total. The fourth-order valence-electron chi connectivity index (χ4n) is 1.64. The van der Waals surface area contributed by atoms with Gasteiger partial charge in [0.1, 0.15) is 0 Å². The third kappa shape index (κ3) is 2.48. The quantitative estimate of drug-likeness (QED) is 0.591. The van der Waals surface area contributed by atoms with Gasteiger partial charge in [0.2, 0.25) is 0 Å². The van der Waals surface area contributed by atoms with Gasteiger partial charge in [0.15, 0.2) is 0 Å². The molecule has 1 heterocycles. The van der Waals surface area contributed by atoms with Crippen molar-refractivity contribution in [1.82, 2.24) is 4.90 Å². The molecule has 0 aliphatic carbocycles. The van der Waals surface area contributed by atoms with Crippen molar-refractivity contribution in [2.24, 2.45) is 5.92 Å². The number of carbonyl (C=O) groups is 1. The van der Waals surface area contributed by atoms with Crippen molar-refractivity contribution >= 4 is 5.97 Å². The van der Waals surface area contributed by atoms with E-state index in [1.807, 2.05) is 0 Å². The van der Waals surface area contributed by atoms with Crippen molar-refractivity contribution < 1.29 is 9.53 Å². The summed E-state index contributed by atoms with van der Waals surface area (Å²) in [6, 6.07) is 0. The van der Waals surface area contributed by atoms with Gasteiger partial charge in [0.25, 0.3) is 0 Å². The van der Waals surface area contributed by atoms with E-state index in [1.54, 1.807) is 0 Å². The van der Waals surface area contributed by atoms with Crippen LogP contribution in [0.2, 0.25) is 0 Å². The molecule has 0 saturated carbocycles. The van der Waals surface area contributed by atoms with Gasteiger partial charge in [0.05, 0.1) is 13.7 Å². The summed E-state index contributed by atoms with van der Waals surface area (Å²) in [5.74, 6) is 0.668. The molecule has 0 aromatic heterocycles. The molecular weight excluding hydrogens is 154 g/mol. The molecule has 1 fully saturated rings. The molecule has 0 bridgehead atoms. The molecule has 0 aromatic rings. The molecule has 0 spiro atoms. The molecule has 1 unspecified atom stereocenters. The second-order valence-electron chi connectivity index (χ2n) is 3.37. The van der Waals surface area contributed by atoms with E-state index in [9.17, 15) is 4.79 Å². The van der Waals surface area contributed by atoms with Crippen LogP contribution in [0.4, 0.5) is 0 Å². The standard InChI is InChI=1S/C9H17NO2/c1-3-8-4-5-10(6-8)7-9(11)12-2/h8H,3-7H2,1-2H3. The molecule has 0 amide bonds. The van der Waals surface area contributed by atoms with Gasteiger partial charge in [0, 0.05) is 6.54 Å². The van der Waals surface area contributed by atoms with Gasteiger partial charge < -0.3 is 4.74 Å². The first kappa shape index (κ1) is 9.52. The largest absolute Gasteiger partial charge is 0.468 e. The minimum Gasteiger partial charge on any atom is -0.468 e. The molecule has 70 valence electrons. The highest BCUT2D eigenvalue weighted by molar-refractivity contribution is 5.71. The van der Waals surface area contributed by atoms with Crippen molar-refractivity contribution in [1.29, 1.82) is 0 Å². The first-order valence-electron chi connectivity index (χ1n) is 4.55. The number of carbonyl (C=O) groups excluding carboxylic acids is 1. The van der Waals surface area contributed by atoms with E-state index in [2.05, 4.69) is 16.6 Å². The predicted molar refractivity (Wildman–Crippen MR) is 46.9 cm³/mol. The summed E-state index contributed by atoms with van der Waals surface area (Å²) in [7, 11) is 1.44. The molecule has 1 aliphatic rings. The highest BCUT2D eigenvalue weighted by Gasteiger charge is 2.22. The third-order valence-corrected chi connectivity index (χ3v) is 2.53. The smallest absolute Gasteiger partial charge is 0.319 e. The lowest BCUT2D eigenvalue weighted by molar-refractivity contribution is -0.141. The van der Waals surface area contributed by atoms with Crippen LogP contribution in [0, 0.1) is 5.92 Å². The summed E-state index contributed by atoms with van der Waals surface area (Å²) >= 11 is 0. The van der Waals surface area contributed by atoms with Crippen LogP contribution >= 0.6 is 0 Å². The Morgan fingerprint density at radius 2 is 2.42 bits per heavy atom. The molecule has 0 radical (unpaired) electrons. The fraction of sp³-hybridized carbons (Fsp3) is 0.889. The summed E-state index contributed by atoms with van der Waals surface area (Å²) in [6.07, 6.45) is 2.45. The molecule has 12 heavy (non-hydrogen) atoms. The average molecular weight is 171 g/mol. The van der Waals surface area contributed by atoms with Crippen LogP contribution in [0.5, 0.6) is 0 Å². The molecule has 1 aliphatic heterocycles. The fourth-order valence-corrected chi connectivity index (χ4v) is 1.64. The number of hydrogen-bond donors (Lipinski definition) is 0. The van der Waals surface area contributed by atoms with Gasteiger partial charge in [-0.25, -0.2) is 0 Å². The van der Waals surface area contributed by atoms with Gasteiger partial charge >= 0.3 is 5.97 Å². The third-order valence-electron chi connectivity index (χ3n) is 2.53. The lowest BCUT2D eigenvalue weighted by Crippen LogP contribution is -2.28. The summed E-state index contributed by atoms with van der Waals surface area (Å²) in [5.41, 5.74) is 0. The van der Waals surface area contributed by atoms with Crippen LogP contribution in [0.1, 0.15) is 19.8 Å². The Kier molecular flexibility index (Phi) is 3.53. The monoisotopic (exact) mass is 171 g/mol. The molecule has 1 atom stereocenters. The Hall–Kier alpha value is -0.570. The zero-order valence-corrected chi connectivity index (χ0v) is 7.88. The zero-order valence-electron chi connectivity index (χ0n) is 7.88. The molecule has 3 heteroatoms. The molecule has 1 rings (SSSR count). The number of likely N-dealkylation sites (tertiary alicyclic amines) is 1. The summed E-state index contributed by atoms with van der Waals surface area (Å²) in [4.78, 5) is 13.1. The molecular formula is C9H17NO2. The highest BCUT2D eigenvalue weighted by Crippen LogP contribution is 2.18. The Morgan fingerprint density at radius 1 is 1.67 bits per heavy atom. The van der Waals surface area contributed by atoms with Crippen LogP contribution in [0.15, 0.2) is 0 Å². The molecule has 0 N–H and O–H groups in total. The van der Waals surface area contributed by atoms with Crippen LogP contribution in [-0.2, 0) is 9.53 Å². The van der Waals surface area contributed by atoms with Crippen molar-refractivity contribution in [2.45, 2.75) is 19.8 Å². The van der Waals surface area contributed by atoms with Crippen LogP contribution < -0.4 is 0 Å². The number of ether oxygens (including phenoxy) is 1. The molecule has 1 saturated heterocycles. The second-order valence-corrected chi connectivity index (χ2v) is 3.37. The van der Waals surface area contributed by atoms with E-state index in [1.165, 1.54) is 20.0 Å². The maximum atomic E-state index is 10.9. The first-order valence-corrected chi connectivity index (χ1v) is 4.55. The minimum absolute atomic E-state index is 0.119. The Balaban J connectivity index is 2.23. The number of methoxy groups -OCH3 is 1. The van der Waals surface area contributed by atoms with E-state index in [0.29, 0.717) is 6.54 Å². The Bertz CT molecular complexity index is 159. The topological polar surface area (TPSA) is 29.5 Å². The van der Waals surface area contributed by atoms with E-state index < -0.39 is 0 Å². The van der Waals surface area contributed by atoms with E-state index in [4.69, 9.17) is 0 Å². The number of rotatable bonds is 3. The van der Waals surface area contributed by atoms with Crippen LogP contribution in [0.3, 0.4) is 0 Å². The lowest BCUT2D eigenvalue weighted by Gasteiger charge is -2.13. The summed E-state index contributed by atoms with van der Waals surface area (Å²) in [6.45, 7) is 4.78. The van der Waals surface area contributed by atoms with Crippen molar-refractivity contribution in [2.75, 3.05) is 26.7 Å². The van der Waals surface area contributed by atoms with Gasteiger partial charge in [-0.2, -0.15) is 0 Å². The SMILES string of the molecule is CCC1CCN(CC(=O)OC)C1. The second kappa shape index (κ2) is 4.45. The Morgan fingerprint density at radius 3 is 2.92 bits per heavy atom. The van der Waals surface area contributed by atoms with Gasteiger partial charge in [-0.3, -0.25) is 9.69 Å². The van der Waals surface area contributed by atoms with Crippen molar-refractivity contribution in [3.05, 3.63) is 0 Å². The summed E-state index contributed by atoms with van der Waals surface area (Å²) < 4.78 is 4.60. The van der Waals surface area contributed by atoms with Gasteiger partial charge in [-0.05, 0) is 18.9 Å². The van der Waals surface area contributed by atoms with Gasteiger partial charge in [-0.1, -0.05) is 13.3 Å². The maximum absolute atomic E-state index is 10.9. The predicted octanol–water partition coefficient (Wildman–Crippen LogP) is 0.891. The summed E-state index contributed by atoms with van der Waals surface area (Å²) in [5, 5.41) is 0. The van der Waals surface area contributed by atoms with Gasteiger partial charge in [-0.15, -0.1) is 0 Å². The van der Waals surface area contributed by atoms with E-state index >= 15 is 0 Å². The van der Waals surface area contributed by atoms with E-state index in [0.717, 1.165) is 19.0 Å². The van der Waals surface area contributed by atoms with Crippen LogP contribution in [0.25, 0.3) is 0 Å². The highest BCUT2D eigenvalue weighted by atomic mass is 16.5. The van der Waals surface area contributed by atoms with E-state index in [-0.39, 0.29) is 5.97 Å². The van der Waals surface area contributed by atoms with Crippen LogP contribution in [-0.4, -0.2) is 37.6 Å².